The number of aliphatic carboxylic acids is 1. The maximum atomic E-state index is 12.8. The molecule has 0 bridgehead atoms. The van der Waals surface area contributed by atoms with Gasteiger partial charge >= 0.3 is 18.2 Å². The average Bonchev–Trinajstić information content (AvgIpc) is 3.47. The molecule has 1 unspecified atom stereocenters. The summed E-state index contributed by atoms with van der Waals surface area (Å²) in [5, 5.41) is 12.5. The number of alkyl halides is 3. The lowest BCUT2D eigenvalue weighted by molar-refractivity contribution is -0.153. The second-order valence-corrected chi connectivity index (χ2v) is 9.46. The molecule has 0 saturated carbocycles. The average molecular weight is 556 g/mol. The Morgan fingerprint density at radius 3 is 2.73 bits per heavy atom. The van der Waals surface area contributed by atoms with Crippen LogP contribution in [0.15, 0.2) is 54.6 Å². The number of carboxylic acid groups (broad SMARTS) is 1. The first kappa shape index (κ1) is 27.2. The Morgan fingerprint density at radius 2 is 1.98 bits per heavy atom. The molecular weight excluding hydrogens is 527 g/mol. The number of carbonyl (C=O) groups is 1. The summed E-state index contributed by atoms with van der Waals surface area (Å²) < 4.78 is 56.8. The lowest BCUT2D eigenvalue weighted by Crippen LogP contribution is -2.19. The quantitative estimate of drug-likeness (QED) is 0.239. The van der Waals surface area contributed by atoms with Gasteiger partial charge in [0.1, 0.15) is 17.0 Å². The van der Waals surface area contributed by atoms with Gasteiger partial charge in [-0.3, -0.25) is 9.36 Å². The Bertz CT molecular complexity index is 1550. The molecule has 3 aromatic carbocycles. The van der Waals surface area contributed by atoms with E-state index >= 15 is 0 Å². The number of para-hydroxylation sites is 1. The molecule has 8 nitrogen and oxygen atoms in total. The normalized spacial score (nSPS) is 14.6. The van der Waals surface area contributed by atoms with Gasteiger partial charge in [-0.05, 0) is 49.2 Å². The summed E-state index contributed by atoms with van der Waals surface area (Å²) in [5.41, 5.74) is 5.23. The predicted molar refractivity (Wildman–Crippen MR) is 143 cm³/mol. The maximum Gasteiger partial charge on any atom is 0.422 e. The van der Waals surface area contributed by atoms with Crippen molar-refractivity contribution in [1.29, 1.82) is 0 Å². The molecule has 1 aromatic heterocycles. The van der Waals surface area contributed by atoms with Crippen molar-refractivity contribution in [2.45, 2.75) is 38.9 Å². The first-order chi connectivity index (χ1) is 19.1. The monoisotopic (exact) mass is 555 g/mol. The highest BCUT2D eigenvalue weighted by atomic mass is 19.4. The topological polar surface area (TPSA) is 94.8 Å². The van der Waals surface area contributed by atoms with Crippen LogP contribution in [0, 0.1) is 6.92 Å². The fourth-order valence-electron chi connectivity index (χ4n) is 4.85. The van der Waals surface area contributed by atoms with Crippen LogP contribution in [0.2, 0.25) is 0 Å². The number of fused-ring (bicyclic) bond motifs is 2. The second-order valence-electron chi connectivity index (χ2n) is 9.46. The summed E-state index contributed by atoms with van der Waals surface area (Å²) in [5.74, 6) is -0.322. The minimum Gasteiger partial charge on any atom is -0.493 e. The van der Waals surface area contributed by atoms with Crippen LogP contribution < -0.4 is 19.5 Å². The molecule has 0 fully saturated rings. The van der Waals surface area contributed by atoms with E-state index in [4.69, 9.17) is 19.3 Å². The number of nitrogens with one attached hydrogen (secondary N) is 1. The Hall–Kier alpha value is -4.41. The molecule has 2 heterocycles. The number of hydrogen-bond donors (Lipinski definition) is 2. The number of anilines is 1. The van der Waals surface area contributed by atoms with Gasteiger partial charge in [0.05, 0.1) is 30.8 Å². The molecule has 0 amide bonds. The molecule has 0 spiro atoms. The lowest BCUT2D eigenvalue weighted by Gasteiger charge is -2.16. The van der Waals surface area contributed by atoms with Crippen molar-refractivity contribution in [2.24, 2.45) is 0 Å². The fraction of sp³-hybridized carbons (Fsp3) is 0.310. The van der Waals surface area contributed by atoms with Crippen LogP contribution >= 0.6 is 0 Å². The SMILES string of the molecule is CCOc1nc2c(OCC(F)(F)F)cccc2n1-c1cccc(CNc2ccc3c(c2)OCC3CC(=O)O)c1C. The number of benzene rings is 3. The standard InChI is InChI=1S/C29H28F3N3O5/c1-3-38-28-34-27-23(8-5-9-24(27)40-16-29(30,31)32)35(28)22-7-4-6-18(17(22)2)14-33-20-10-11-21-19(12-26(36)37)15-39-25(21)13-20/h4-11,13,19,33H,3,12,14-16H2,1-2H3,(H,36,37). The van der Waals surface area contributed by atoms with Gasteiger partial charge in [-0.2, -0.15) is 18.2 Å². The van der Waals surface area contributed by atoms with Crippen LogP contribution in [0.5, 0.6) is 17.5 Å². The van der Waals surface area contributed by atoms with E-state index in [1.165, 1.54) is 6.07 Å². The van der Waals surface area contributed by atoms with E-state index in [9.17, 15) is 18.0 Å². The summed E-state index contributed by atoms with van der Waals surface area (Å²) in [6.07, 6.45) is -4.45. The number of ether oxygens (including phenoxy) is 3. The Kier molecular flexibility index (Phi) is 7.46. The highest BCUT2D eigenvalue weighted by molar-refractivity contribution is 5.85. The first-order valence-electron chi connectivity index (χ1n) is 12.8. The number of aromatic nitrogens is 2. The van der Waals surface area contributed by atoms with Crippen molar-refractivity contribution in [3.05, 3.63) is 71.3 Å². The largest absolute Gasteiger partial charge is 0.493 e. The van der Waals surface area contributed by atoms with E-state index in [1.807, 2.05) is 50.2 Å². The van der Waals surface area contributed by atoms with Crippen LogP contribution in [0.3, 0.4) is 0 Å². The van der Waals surface area contributed by atoms with Gasteiger partial charge in [-0.15, -0.1) is 0 Å². The van der Waals surface area contributed by atoms with Crippen molar-refractivity contribution in [3.8, 4) is 23.2 Å². The van der Waals surface area contributed by atoms with Crippen LogP contribution in [0.4, 0.5) is 18.9 Å². The molecule has 210 valence electrons. The number of hydrogen-bond acceptors (Lipinski definition) is 6. The van der Waals surface area contributed by atoms with Crippen LogP contribution in [-0.2, 0) is 11.3 Å². The van der Waals surface area contributed by atoms with Crippen LogP contribution in [0.25, 0.3) is 16.7 Å². The summed E-state index contributed by atoms with van der Waals surface area (Å²) in [6, 6.07) is 16.5. The van der Waals surface area contributed by atoms with E-state index in [-0.39, 0.29) is 29.6 Å². The van der Waals surface area contributed by atoms with Crippen molar-refractivity contribution < 1.29 is 37.3 Å². The van der Waals surface area contributed by atoms with Crippen molar-refractivity contribution in [2.75, 3.05) is 25.1 Å². The molecule has 0 saturated heterocycles. The summed E-state index contributed by atoms with van der Waals surface area (Å²) >= 11 is 0. The third kappa shape index (κ3) is 5.63. The van der Waals surface area contributed by atoms with Gasteiger partial charge in [-0.25, -0.2) is 0 Å². The molecule has 40 heavy (non-hydrogen) atoms. The Balaban J connectivity index is 1.43. The number of imidazole rings is 1. The van der Waals surface area contributed by atoms with Gasteiger partial charge in [0.15, 0.2) is 6.61 Å². The molecule has 2 N–H and O–H groups in total. The third-order valence-corrected chi connectivity index (χ3v) is 6.74. The van der Waals surface area contributed by atoms with E-state index < -0.39 is 18.8 Å². The van der Waals surface area contributed by atoms with Gasteiger partial charge < -0.3 is 24.6 Å². The van der Waals surface area contributed by atoms with Gasteiger partial charge in [0.25, 0.3) is 0 Å². The first-order valence-corrected chi connectivity index (χ1v) is 12.8. The number of halogens is 3. The molecule has 4 aromatic rings. The molecule has 0 aliphatic carbocycles. The zero-order chi connectivity index (χ0) is 28.4. The zero-order valence-corrected chi connectivity index (χ0v) is 21.9. The minimum atomic E-state index is -4.48. The predicted octanol–water partition coefficient (Wildman–Crippen LogP) is 6.24. The van der Waals surface area contributed by atoms with Crippen molar-refractivity contribution >= 4 is 22.7 Å². The van der Waals surface area contributed by atoms with E-state index in [1.54, 1.807) is 16.7 Å². The molecule has 1 atom stereocenters. The highest BCUT2D eigenvalue weighted by Gasteiger charge is 2.30. The molecule has 0 radical (unpaired) electrons. The minimum absolute atomic E-state index is 0.0222. The summed E-state index contributed by atoms with van der Waals surface area (Å²) in [4.78, 5) is 15.6. The molecule has 1 aliphatic heterocycles. The summed E-state index contributed by atoms with van der Waals surface area (Å²) in [7, 11) is 0. The molecular formula is C29H28F3N3O5. The maximum absolute atomic E-state index is 12.8. The van der Waals surface area contributed by atoms with Crippen molar-refractivity contribution in [1.82, 2.24) is 9.55 Å². The Labute approximate surface area is 228 Å². The van der Waals surface area contributed by atoms with Gasteiger partial charge in [-0.1, -0.05) is 24.3 Å². The number of rotatable bonds is 10. The van der Waals surface area contributed by atoms with Gasteiger partial charge in [0, 0.05) is 29.8 Å². The number of carboxylic acids is 1. The zero-order valence-electron chi connectivity index (χ0n) is 21.9. The lowest BCUT2D eigenvalue weighted by atomic mass is 9.98. The van der Waals surface area contributed by atoms with E-state index in [2.05, 4.69) is 10.3 Å². The smallest absolute Gasteiger partial charge is 0.422 e. The van der Waals surface area contributed by atoms with Crippen LogP contribution in [-0.4, -0.2) is 46.6 Å². The van der Waals surface area contributed by atoms with Crippen LogP contribution in [0.1, 0.15) is 36.0 Å². The van der Waals surface area contributed by atoms with Gasteiger partial charge in [0.2, 0.25) is 0 Å². The summed E-state index contributed by atoms with van der Waals surface area (Å²) in [6.45, 7) is 3.49. The number of nitrogens with zero attached hydrogens (tertiary/aromatic N) is 2. The molecule has 11 heteroatoms. The third-order valence-electron chi connectivity index (χ3n) is 6.74. The van der Waals surface area contributed by atoms with Crippen molar-refractivity contribution in [3.63, 3.8) is 0 Å². The fourth-order valence-corrected chi connectivity index (χ4v) is 4.85. The molecule has 1 aliphatic rings. The highest BCUT2D eigenvalue weighted by Crippen LogP contribution is 2.38. The Morgan fingerprint density at radius 1 is 1.18 bits per heavy atom. The second kappa shape index (κ2) is 11.0. The van der Waals surface area contributed by atoms with E-state index in [0.717, 1.165) is 28.1 Å². The van der Waals surface area contributed by atoms with E-state index in [0.29, 0.717) is 31.0 Å². The molecule has 5 rings (SSSR count).